The summed E-state index contributed by atoms with van der Waals surface area (Å²) in [6, 6.07) is 0. The summed E-state index contributed by atoms with van der Waals surface area (Å²) in [5.74, 6) is 0.400. The van der Waals surface area contributed by atoms with Gasteiger partial charge in [-0.1, -0.05) is 6.42 Å². The summed E-state index contributed by atoms with van der Waals surface area (Å²) in [4.78, 5) is 10.8. The molecule has 0 saturated heterocycles. The Balaban J connectivity index is 2.16. The fourth-order valence-electron chi connectivity index (χ4n) is 0.915. The molecule has 3 N–H and O–H groups in total. The van der Waals surface area contributed by atoms with E-state index in [4.69, 9.17) is 5.73 Å². The van der Waals surface area contributed by atoms with Crippen LogP contribution in [0.15, 0.2) is 0 Å². The van der Waals surface area contributed by atoms with Gasteiger partial charge in [0.2, 0.25) is 5.91 Å². The van der Waals surface area contributed by atoms with Crippen molar-refractivity contribution in [2.45, 2.75) is 19.3 Å². The van der Waals surface area contributed by atoms with E-state index in [1.165, 1.54) is 6.42 Å². The van der Waals surface area contributed by atoms with Crippen molar-refractivity contribution in [2.75, 3.05) is 6.67 Å². The monoisotopic (exact) mass is 128 g/mol. The van der Waals surface area contributed by atoms with Crippen LogP contribution in [0.4, 0.5) is 0 Å². The Kier molecular flexibility index (Phi) is 2.05. The Labute approximate surface area is 54.6 Å². The van der Waals surface area contributed by atoms with Crippen LogP contribution in [-0.2, 0) is 4.79 Å². The van der Waals surface area contributed by atoms with Crippen molar-refractivity contribution < 1.29 is 4.79 Å². The van der Waals surface area contributed by atoms with E-state index in [0.717, 1.165) is 12.8 Å². The highest BCUT2D eigenvalue weighted by molar-refractivity contribution is 5.79. The third kappa shape index (κ3) is 1.42. The molecule has 9 heavy (non-hydrogen) atoms. The van der Waals surface area contributed by atoms with Crippen LogP contribution in [-0.4, -0.2) is 12.6 Å². The van der Waals surface area contributed by atoms with Crippen molar-refractivity contribution in [3.05, 3.63) is 0 Å². The first-order valence-electron chi connectivity index (χ1n) is 3.32. The van der Waals surface area contributed by atoms with Crippen LogP contribution in [0.25, 0.3) is 0 Å². The third-order valence-electron chi connectivity index (χ3n) is 1.75. The molecule has 0 aromatic carbocycles. The zero-order chi connectivity index (χ0) is 6.69. The predicted molar refractivity (Wildman–Crippen MR) is 34.5 cm³/mol. The molecular weight excluding hydrogens is 116 g/mol. The van der Waals surface area contributed by atoms with Crippen LogP contribution in [0.1, 0.15) is 19.3 Å². The predicted octanol–water partition coefficient (Wildman–Crippen LogP) is -0.181. The first-order chi connectivity index (χ1) is 4.34. The third-order valence-corrected chi connectivity index (χ3v) is 1.75. The zero-order valence-corrected chi connectivity index (χ0v) is 5.39. The maximum Gasteiger partial charge on any atom is 0.224 e. The summed E-state index contributed by atoms with van der Waals surface area (Å²) in [7, 11) is 0. The molecule has 3 heteroatoms. The normalized spacial score (nSPS) is 18.8. The topological polar surface area (TPSA) is 55.1 Å². The van der Waals surface area contributed by atoms with Gasteiger partial charge in [-0.25, -0.2) is 0 Å². The fraction of sp³-hybridized carbons (Fsp3) is 0.833. The van der Waals surface area contributed by atoms with Crippen molar-refractivity contribution >= 4 is 5.91 Å². The number of nitrogens with one attached hydrogen (secondary N) is 1. The van der Waals surface area contributed by atoms with Crippen LogP contribution in [0.2, 0.25) is 0 Å². The van der Waals surface area contributed by atoms with Gasteiger partial charge < -0.3 is 11.1 Å². The van der Waals surface area contributed by atoms with E-state index in [-0.39, 0.29) is 18.5 Å². The Morgan fingerprint density at radius 2 is 2.33 bits per heavy atom. The Morgan fingerprint density at radius 3 is 2.67 bits per heavy atom. The van der Waals surface area contributed by atoms with Crippen molar-refractivity contribution in [3.8, 4) is 0 Å². The standard InChI is InChI=1S/C6H12N2O/c7-4-8-6(9)5-2-1-3-5/h5H,1-4,7H2,(H,8,9). The maximum atomic E-state index is 10.8. The van der Waals surface area contributed by atoms with Gasteiger partial charge >= 0.3 is 0 Å². The van der Waals surface area contributed by atoms with Crippen molar-refractivity contribution in [2.24, 2.45) is 11.7 Å². The fourth-order valence-corrected chi connectivity index (χ4v) is 0.915. The number of rotatable bonds is 2. The van der Waals surface area contributed by atoms with Crippen molar-refractivity contribution in [1.29, 1.82) is 0 Å². The van der Waals surface area contributed by atoms with Gasteiger partial charge in [0, 0.05) is 5.92 Å². The Bertz CT molecular complexity index is 110. The van der Waals surface area contributed by atoms with Crippen LogP contribution < -0.4 is 11.1 Å². The molecule has 1 aliphatic carbocycles. The summed E-state index contributed by atoms with van der Waals surface area (Å²) < 4.78 is 0. The summed E-state index contributed by atoms with van der Waals surface area (Å²) in [5.41, 5.74) is 5.11. The van der Waals surface area contributed by atoms with E-state index in [0.29, 0.717) is 0 Å². The summed E-state index contributed by atoms with van der Waals surface area (Å²) >= 11 is 0. The molecule has 1 saturated carbocycles. The van der Waals surface area contributed by atoms with Crippen molar-refractivity contribution in [3.63, 3.8) is 0 Å². The number of carbonyl (C=O) groups excluding carboxylic acids is 1. The molecule has 1 amide bonds. The average molecular weight is 128 g/mol. The maximum absolute atomic E-state index is 10.8. The molecule has 0 spiro atoms. The molecule has 1 aliphatic rings. The smallest absolute Gasteiger partial charge is 0.224 e. The minimum absolute atomic E-state index is 0.128. The SMILES string of the molecule is NCNC(=O)C1CCC1. The largest absolute Gasteiger partial charge is 0.344 e. The first kappa shape index (κ1) is 6.55. The summed E-state index contributed by atoms with van der Waals surface area (Å²) in [5, 5.41) is 2.59. The van der Waals surface area contributed by atoms with E-state index in [1.807, 2.05) is 0 Å². The first-order valence-corrected chi connectivity index (χ1v) is 3.32. The number of hydrogen-bond acceptors (Lipinski definition) is 2. The van der Waals surface area contributed by atoms with E-state index in [2.05, 4.69) is 5.32 Å². The molecule has 0 atom stereocenters. The van der Waals surface area contributed by atoms with E-state index in [1.54, 1.807) is 0 Å². The molecule has 3 nitrogen and oxygen atoms in total. The summed E-state index contributed by atoms with van der Waals surface area (Å²) in [6.45, 7) is 0.273. The van der Waals surface area contributed by atoms with Gasteiger partial charge in [0.1, 0.15) is 0 Å². The molecule has 1 rings (SSSR count). The molecule has 52 valence electrons. The minimum atomic E-state index is 0.128. The van der Waals surface area contributed by atoms with Crippen LogP contribution in [0.3, 0.4) is 0 Å². The Morgan fingerprint density at radius 1 is 1.67 bits per heavy atom. The van der Waals surface area contributed by atoms with E-state index >= 15 is 0 Å². The van der Waals surface area contributed by atoms with E-state index in [9.17, 15) is 4.79 Å². The highest BCUT2D eigenvalue weighted by atomic mass is 16.1. The molecule has 0 bridgehead atoms. The second kappa shape index (κ2) is 2.82. The number of amides is 1. The number of carbonyl (C=O) groups is 1. The number of nitrogens with two attached hydrogens (primary N) is 1. The van der Waals surface area contributed by atoms with Gasteiger partial charge in [0.15, 0.2) is 0 Å². The molecule has 0 heterocycles. The molecule has 0 unspecified atom stereocenters. The lowest BCUT2D eigenvalue weighted by atomic mass is 9.85. The second-order valence-corrected chi connectivity index (χ2v) is 2.37. The average Bonchev–Trinajstić information content (AvgIpc) is 1.60. The molecule has 0 radical (unpaired) electrons. The van der Waals surface area contributed by atoms with Gasteiger partial charge in [0.05, 0.1) is 6.67 Å². The zero-order valence-electron chi connectivity index (χ0n) is 5.39. The van der Waals surface area contributed by atoms with Gasteiger partial charge in [-0.3, -0.25) is 4.79 Å². The van der Waals surface area contributed by atoms with Gasteiger partial charge in [-0.2, -0.15) is 0 Å². The minimum Gasteiger partial charge on any atom is -0.344 e. The molecular formula is C6H12N2O. The quantitative estimate of drug-likeness (QED) is 0.507. The lowest BCUT2D eigenvalue weighted by Gasteiger charge is -2.23. The van der Waals surface area contributed by atoms with Gasteiger partial charge in [-0.05, 0) is 12.8 Å². The molecule has 1 fully saturated rings. The second-order valence-electron chi connectivity index (χ2n) is 2.37. The van der Waals surface area contributed by atoms with Gasteiger partial charge in [0.25, 0.3) is 0 Å². The molecule has 0 aromatic rings. The highest BCUT2D eigenvalue weighted by Crippen LogP contribution is 2.25. The van der Waals surface area contributed by atoms with Gasteiger partial charge in [-0.15, -0.1) is 0 Å². The molecule has 0 aliphatic heterocycles. The van der Waals surface area contributed by atoms with Crippen LogP contribution in [0.5, 0.6) is 0 Å². The Hall–Kier alpha value is -0.570. The molecule has 0 aromatic heterocycles. The van der Waals surface area contributed by atoms with Crippen LogP contribution in [0, 0.1) is 5.92 Å². The highest BCUT2D eigenvalue weighted by Gasteiger charge is 2.24. The lowest BCUT2D eigenvalue weighted by Crippen LogP contribution is -2.37. The van der Waals surface area contributed by atoms with Crippen molar-refractivity contribution in [1.82, 2.24) is 5.32 Å². The summed E-state index contributed by atoms with van der Waals surface area (Å²) in [6.07, 6.45) is 3.29. The van der Waals surface area contributed by atoms with Crippen LogP contribution >= 0.6 is 0 Å². The number of hydrogen-bond donors (Lipinski definition) is 2. The van der Waals surface area contributed by atoms with E-state index < -0.39 is 0 Å². The lowest BCUT2D eigenvalue weighted by molar-refractivity contribution is -0.127.